The van der Waals surface area contributed by atoms with Gasteiger partial charge in [0.1, 0.15) is 12.7 Å². The Morgan fingerprint density at radius 3 is 3.10 bits per heavy atom. The molecule has 20 heavy (non-hydrogen) atoms. The number of aromatic nitrogens is 2. The summed E-state index contributed by atoms with van der Waals surface area (Å²) in [6, 6.07) is 1.59. The first-order valence-electron chi connectivity index (χ1n) is 6.43. The Kier molecular flexibility index (Phi) is 4.51. The minimum atomic E-state index is -0.591. The van der Waals surface area contributed by atoms with E-state index in [0.717, 1.165) is 13.1 Å². The molecule has 0 spiro atoms. The molecule has 1 aromatic heterocycles. The predicted molar refractivity (Wildman–Crippen MR) is 70.7 cm³/mol. The molecule has 0 aliphatic carbocycles. The van der Waals surface area contributed by atoms with Crippen molar-refractivity contribution in [3.63, 3.8) is 0 Å². The number of ether oxygens (including phenoxy) is 3. The van der Waals surface area contributed by atoms with Crippen LogP contribution in [0.1, 0.15) is 24.5 Å². The number of carbonyl (C=O) groups is 1. The van der Waals surface area contributed by atoms with Crippen molar-refractivity contribution in [1.29, 1.82) is 0 Å². The maximum absolute atomic E-state index is 11.3. The molecule has 7 heteroatoms. The van der Waals surface area contributed by atoms with Gasteiger partial charge in [0.25, 0.3) is 0 Å². The second-order valence-corrected chi connectivity index (χ2v) is 5.15. The third-order valence-electron chi connectivity index (χ3n) is 2.82. The maximum Gasteiger partial charge on any atom is 0.376 e. The maximum atomic E-state index is 11.3. The highest BCUT2D eigenvalue weighted by atomic mass is 16.6. The van der Waals surface area contributed by atoms with Gasteiger partial charge in [-0.1, -0.05) is 0 Å². The lowest BCUT2D eigenvalue weighted by atomic mass is 10.1. The van der Waals surface area contributed by atoms with Crippen LogP contribution in [0, 0.1) is 0 Å². The molecule has 7 nitrogen and oxygen atoms in total. The number of rotatable bonds is 4. The Morgan fingerprint density at radius 1 is 1.60 bits per heavy atom. The number of esters is 1. The van der Waals surface area contributed by atoms with Crippen LogP contribution in [-0.4, -0.2) is 54.4 Å². The number of nitrogens with one attached hydrogen (secondary N) is 1. The largest absolute Gasteiger partial charge is 0.475 e. The third kappa shape index (κ3) is 3.88. The number of nitrogens with zero attached hydrogens (tertiary/aromatic N) is 2. The minimum absolute atomic E-state index is 0.0204. The van der Waals surface area contributed by atoms with E-state index in [0.29, 0.717) is 12.5 Å². The van der Waals surface area contributed by atoms with Crippen molar-refractivity contribution >= 4 is 5.97 Å². The zero-order valence-corrected chi connectivity index (χ0v) is 11.9. The van der Waals surface area contributed by atoms with Gasteiger partial charge < -0.3 is 19.5 Å². The van der Waals surface area contributed by atoms with E-state index in [2.05, 4.69) is 20.0 Å². The SMILES string of the molecule is COC(=O)c1nccc(OCC2CNCC(C)(C)O2)n1. The topological polar surface area (TPSA) is 82.6 Å². The van der Waals surface area contributed by atoms with E-state index in [1.54, 1.807) is 6.07 Å². The molecule has 1 N–H and O–H groups in total. The summed E-state index contributed by atoms with van der Waals surface area (Å²) in [5.41, 5.74) is -0.213. The molecule has 0 bridgehead atoms. The van der Waals surface area contributed by atoms with E-state index >= 15 is 0 Å². The van der Waals surface area contributed by atoms with Crippen molar-refractivity contribution in [2.24, 2.45) is 0 Å². The van der Waals surface area contributed by atoms with E-state index < -0.39 is 5.97 Å². The molecule has 0 saturated carbocycles. The van der Waals surface area contributed by atoms with Crippen molar-refractivity contribution in [2.45, 2.75) is 25.6 Å². The number of carbonyl (C=O) groups excluding carboxylic acids is 1. The van der Waals surface area contributed by atoms with Crippen molar-refractivity contribution in [2.75, 3.05) is 26.8 Å². The number of hydrogen-bond donors (Lipinski definition) is 1. The van der Waals surface area contributed by atoms with Crippen molar-refractivity contribution in [3.8, 4) is 5.88 Å². The first-order valence-corrected chi connectivity index (χ1v) is 6.43. The van der Waals surface area contributed by atoms with E-state index in [9.17, 15) is 4.79 Å². The standard InChI is InChI=1S/C13H19N3O4/c1-13(2)8-14-6-9(20-13)7-19-10-4-5-15-11(16-10)12(17)18-3/h4-5,9,14H,6-8H2,1-3H3. The molecule has 1 fully saturated rings. The first-order chi connectivity index (χ1) is 9.50. The molecule has 0 radical (unpaired) electrons. The van der Waals surface area contributed by atoms with Gasteiger partial charge in [0.05, 0.1) is 12.7 Å². The molecule has 1 unspecified atom stereocenters. The average Bonchev–Trinajstić information content (AvgIpc) is 2.43. The molecule has 1 atom stereocenters. The van der Waals surface area contributed by atoms with Crippen LogP contribution in [0.4, 0.5) is 0 Å². The van der Waals surface area contributed by atoms with E-state index in [4.69, 9.17) is 9.47 Å². The summed E-state index contributed by atoms with van der Waals surface area (Å²) < 4.78 is 16.0. The second-order valence-electron chi connectivity index (χ2n) is 5.15. The van der Waals surface area contributed by atoms with Crippen LogP contribution in [0.15, 0.2) is 12.3 Å². The summed E-state index contributed by atoms with van der Waals surface area (Å²) in [6.45, 7) is 5.92. The van der Waals surface area contributed by atoms with Gasteiger partial charge in [-0.2, -0.15) is 4.98 Å². The quantitative estimate of drug-likeness (QED) is 0.800. The van der Waals surface area contributed by atoms with Gasteiger partial charge >= 0.3 is 5.97 Å². The van der Waals surface area contributed by atoms with E-state index in [1.165, 1.54) is 13.3 Å². The highest BCUT2D eigenvalue weighted by Gasteiger charge is 2.28. The Labute approximate surface area is 117 Å². The fourth-order valence-corrected chi connectivity index (χ4v) is 1.95. The Hall–Kier alpha value is -1.73. The molecule has 2 heterocycles. The minimum Gasteiger partial charge on any atom is -0.475 e. The van der Waals surface area contributed by atoms with Crippen LogP contribution in [0.3, 0.4) is 0 Å². The molecular weight excluding hydrogens is 262 g/mol. The van der Waals surface area contributed by atoms with Gasteiger partial charge in [-0.15, -0.1) is 0 Å². The predicted octanol–water partition coefficient (Wildman–Crippen LogP) is 0.409. The Morgan fingerprint density at radius 2 is 2.40 bits per heavy atom. The lowest BCUT2D eigenvalue weighted by Gasteiger charge is -2.36. The molecule has 110 valence electrons. The summed E-state index contributed by atoms with van der Waals surface area (Å²) in [6.07, 6.45) is 1.40. The summed E-state index contributed by atoms with van der Waals surface area (Å²) in [5, 5.41) is 3.29. The van der Waals surface area contributed by atoms with E-state index in [1.807, 2.05) is 13.8 Å². The number of morpholine rings is 1. The Balaban J connectivity index is 1.92. The van der Waals surface area contributed by atoms with Crippen molar-refractivity contribution in [3.05, 3.63) is 18.1 Å². The molecule has 1 aliphatic heterocycles. The summed E-state index contributed by atoms with van der Waals surface area (Å²) >= 11 is 0. The molecule has 0 aromatic carbocycles. The zero-order chi connectivity index (χ0) is 14.6. The van der Waals surface area contributed by atoms with Gasteiger partial charge in [-0.3, -0.25) is 0 Å². The van der Waals surface area contributed by atoms with Gasteiger partial charge in [-0.25, -0.2) is 9.78 Å². The van der Waals surface area contributed by atoms with Crippen LogP contribution in [0.2, 0.25) is 0 Å². The highest BCUT2D eigenvalue weighted by molar-refractivity contribution is 5.84. The first kappa shape index (κ1) is 14.7. The van der Waals surface area contributed by atoms with Crippen LogP contribution in [0.5, 0.6) is 5.88 Å². The summed E-state index contributed by atoms with van der Waals surface area (Å²) in [4.78, 5) is 19.1. The fraction of sp³-hybridized carbons (Fsp3) is 0.615. The Bertz CT molecular complexity index is 478. The second kappa shape index (κ2) is 6.15. The van der Waals surface area contributed by atoms with Crippen molar-refractivity contribution < 1.29 is 19.0 Å². The third-order valence-corrected chi connectivity index (χ3v) is 2.82. The highest BCUT2D eigenvalue weighted by Crippen LogP contribution is 2.16. The van der Waals surface area contributed by atoms with Crippen molar-refractivity contribution in [1.82, 2.24) is 15.3 Å². The van der Waals surface area contributed by atoms with Gasteiger partial charge in [0, 0.05) is 25.4 Å². The lowest BCUT2D eigenvalue weighted by Crippen LogP contribution is -2.52. The number of hydrogen-bond acceptors (Lipinski definition) is 7. The summed E-state index contributed by atoms with van der Waals surface area (Å²) in [5.74, 6) is -0.285. The summed E-state index contributed by atoms with van der Waals surface area (Å²) in [7, 11) is 1.28. The van der Waals surface area contributed by atoms with Crippen LogP contribution >= 0.6 is 0 Å². The van der Waals surface area contributed by atoms with Gasteiger partial charge in [0.15, 0.2) is 0 Å². The molecule has 1 aromatic rings. The van der Waals surface area contributed by atoms with Gasteiger partial charge in [-0.05, 0) is 13.8 Å². The average molecular weight is 281 g/mol. The molecular formula is C13H19N3O4. The monoisotopic (exact) mass is 281 g/mol. The smallest absolute Gasteiger partial charge is 0.376 e. The van der Waals surface area contributed by atoms with Gasteiger partial charge in [0.2, 0.25) is 11.7 Å². The van der Waals surface area contributed by atoms with Crippen LogP contribution in [0.25, 0.3) is 0 Å². The van der Waals surface area contributed by atoms with Crippen LogP contribution < -0.4 is 10.1 Å². The normalized spacial score (nSPS) is 21.2. The molecule has 1 aliphatic rings. The fourth-order valence-electron chi connectivity index (χ4n) is 1.95. The molecule has 0 amide bonds. The molecule has 1 saturated heterocycles. The lowest BCUT2D eigenvalue weighted by molar-refractivity contribution is -0.107. The zero-order valence-electron chi connectivity index (χ0n) is 11.9. The number of methoxy groups -OCH3 is 1. The van der Waals surface area contributed by atoms with Crippen LogP contribution in [-0.2, 0) is 9.47 Å². The molecule has 2 rings (SSSR count). The van der Waals surface area contributed by atoms with E-state index in [-0.39, 0.29) is 17.5 Å².